The topological polar surface area (TPSA) is 68.4 Å². The number of carbonyl (C=O) groups is 1. The molecule has 0 bridgehead atoms. The molecule has 0 radical (unpaired) electrons. The van der Waals surface area contributed by atoms with Gasteiger partial charge in [-0.15, -0.1) is 0 Å². The van der Waals surface area contributed by atoms with Gasteiger partial charge >= 0.3 is 0 Å². The highest BCUT2D eigenvalue weighted by Gasteiger charge is 2.27. The maximum Gasteiger partial charge on any atom is 0.276 e. The first-order valence-electron chi connectivity index (χ1n) is 10.3. The molecule has 1 saturated carbocycles. The number of carbonyl (C=O) groups excluding carboxylic acids is 1. The maximum absolute atomic E-state index is 12.9. The van der Waals surface area contributed by atoms with Crippen molar-refractivity contribution >= 4 is 22.6 Å². The summed E-state index contributed by atoms with van der Waals surface area (Å²) in [4.78, 5) is 29.8. The molecular weight excluding hydrogens is 352 g/mol. The van der Waals surface area contributed by atoms with E-state index in [0.717, 1.165) is 11.9 Å². The average molecular weight is 380 g/mol. The molecule has 3 aromatic heterocycles. The lowest BCUT2D eigenvalue weighted by molar-refractivity contribution is -0.122. The summed E-state index contributed by atoms with van der Waals surface area (Å²) in [6.07, 6.45) is 8.11. The summed E-state index contributed by atoms with van der Waals surface area (Å²) < 4.78 is 3.57. The zero-order valence-corrected chi connectivity index (χ0v) is 16.6. The number of hydrogen-bond donors (Lipinski definition) is 1. The van der Waals surface area contributed by atoms with Crippen molar-refractivity contribution in [2.75, 3.05) is 0 Å². The van der Waals surface area contributed by atoms with Gasteiger partial charge in [0.1, 0.15) is 5.52 Å². The number of amides is 1. The lowest BCUT2D eigenvalue weighted by Crippen LogP contribution is -2.43. The fraction of sp³-hybridized carbons (Fsp3) is 0.500. The summed E-state index contributed by atoms with van der Waals surface area (Å²) in [7, 11) is 0. The molecule has 0 aromatic carbocycles. The number of fused-ring (bicyclic) bond motifs is 3. The van der Waals surface area contributed by atoms with E-state index in [1.165, 1.54) is 12.8 Å². The summed E-state index contributed by atoms with van der Waals surface area (Å²) in [5, 5.41) is 3.22. The highest BCUT2D eigenvalue weighted by Crippen LogP contribution is 2.29. The molecule has 1 aliphatic carbocycles. The van der Waals surface area contributed by atoms with Crippen molar-refractivity contribution in [3.63, 3.8) is 0 Å². The number of pyridine rings is 1. The van der Waals surface area contributed by atoms with Crippen LogP contribution in [0.2, 0.25) is 0 Å². The highest BCUT2D eigenvalue weighted by atomic mass is 16.1. The summed E-state index contributed by atoms with van der Waals surface area (Å²) in [5.74, 6) is 1.26. The Hall–Kier alpha value is -2.63. The monoisotopic (exact) mass is 380 g/mol. The second-order valence-electron chi connectivity index (χ2n) is 8.11. The Morgan fingerprint density at radius 2 is 2.04 bits per heavy atom. The van der Waals surface area contributed by atoms with E-state index in [1.807, 2.05) is 34.9 Å². The molecule has 28 heavy (non-hydrogen) atoms. The van der Waals surface area contributed by atoms with E-state index < -0.39 is 0 Å². The quantitative estimate of drug-likeness (QED) is 0.738. The Balaban J connectivity index is 1.46. The highest BCUT2D eigenvalue weighted by molar-refractivity contribution is 5.76. The van der Waals surface area contributed by atoms with Crippen LogP contribution < -0.4 is 10.9 Å². The number of nitrogens with zero attached hydrogens (tertiary/aromatic N) is 3. The van der Waals surface area contributed by atoms with Crippen molar-refractivity contribution in [1.82, 2.24) is 19.3 Å². The van der Waals surface area contributed by atoms with E-state index in [0.29, 0.717) is 42.4 Å². The SMILES string of the molecule is CC1CCCC(NC(=O)CCCn2c(=O)c3cccn3c3cccnc32)C1C. The Labute approximate surface area is 164 Å². The summed E-state index contributed by atoms with van der Waals surface area (Å²) in [6.45, 7) is 4.99. The largest absolute Gasteiger partial charge is 0.353 e. The lowest BCUT2D eigenvalue weighted by atomic mass is 9.78. The second-order valence-corrected chi connectivity index (χ2v) is 8.11. The predicted molar refractivity (Wildman–Crippen MR) is 110 cm³/mol. The minimum atomic E-state index is -0.0636. The van der Waals surface area contributed by atoms with Crippen LogP contribution in [0.4, 0.5) is 0 Å². The first-order chi connectivity index (χ1) is 13.6. The number of rotatable bonds is 5. The minimum absolute atomic E-state index is 0.0636. The molecule has 0 saturated heterocycles. The number of hydrogen-bond acceptors (Lipinski definition) is 3. The van der Waals surface area contributed by atoms with E-state index in [9.17, 15) is 9.59 Å². The van der Waals surface area contributed by atoms with Crippen LogP contribution in [0.25, 0.3) is 16.7 Å². The predicted octanol–water partition coefficient (Wildman–Crippen LogP) is 3.37. The van der Waals surface area contributed by atoms with E-state index in [4.69, 9.17) is 0 Å². The van der Waals surface area contributed by atoms with Gasteiger partial charge in [0, 0.05) is 31.4 Å². The van der Waals surface area contributed by atoms with Gasteiger partial charge in [-0.1, -0.05) is 26.7 Å². The first-order valence-corrected chi connectivity index (χ1v) is 10.3. The molecule has 3 unspecified atom stereocenters. The molecule has 0 aliphatic heterocycles. The second kappa shape index (κ2) is 7.78. The maximum atomic E-state index is 12.9. The van der Waals surface area contributed by atoms with Crippen molar-refractivity contribution in [2.45, 2.75) is 58.5 Å². The fourth-order valence-corrected chi connectivity index (χ4v) is 4.45. The molecule has 3 aromatic rings. The number of aryl methyl sites for hydroxylation is 1. The Morgan fingerprint density at radius 1 is 1.21 bits per heavy atom. The lowest BCUT2D eigenvalue weighted by Gasteiger charge is -2.34. The van der Waals surface area contributed by atoms with Crippen LogP contribution in [0.3, 0.4) is 0 Å². The molecule has 6 heteroatoms. The minimum Gasteiger partial charge on any atom is -0.353 e. The van der Waals surface area contributed by atoms with Crippen LogP contribution in [0.5, 0.6) is 0 Å². The van der Waals surface area contributed by atoms with Crippen LogP contribution >= 0.6 is 0 Å². The molecule has 1 N–H and O–H groups in total. The van der Waals surface area contributed by atoms with Gasteiger partial charge in [0.05, 0.1) is 5.52 Å². The summed E-state index contributed by atoms with van der Waals surface area (Å²) in [6, 6.07) is 7.80. The van der Waals surface area contributed by atoms with Gasteiger partial charge < -0.3 is 9.72 Å². The van der Waals surface area contributed by atoms with Gasteiger partial charge in [0.25, 0.3) is 5.56 Å². The number of nitrogens with one attached hydrogen (secondary N) is 1. The molecule has 1 amide bonds. The van der Waals surface area contributed by atoms with Crippen molar-refractivity contribution in [1.29, 1.82) is 0 Å². The van der Waals surface area contributed by atoms with Gasteiger partial charge in [-0.25, -0.2) is 4.98 Å². The van der Waals surface area contributed by atoms with Gasteiger partial charge in [-0.05, 0) is 48.9 Å². The van der Waals surface area contributed by atoms with Gasteiger partial charge in [0.2, 0.25) is 5.91 Å². The van der Waals surface area contributed by atoms with E-state index in [2.05, 4.69) is 24.1 Å². The smallest absolute Gasteiger partial charge is 0.276 e. The Morgan fingerprint density at radius 3 is 2.89 bits per heavy atom. The van der Waals surface area contributed by atoms with Gasteiger partial charge in [-0.2, -0.15) is 0 Å². The third-order valence-corrected chi connectivity index (χ3v) is 6.33. The van der Waals surface area contributed by atoms with Crippen LogP contribution in [0, 0.1) is 11.8 Å². The van der Waals surface area contributed by atoms with E-state index in [1.54, 1.807) is 10.8 Å². The standard InChI is InChI=1S/C22H28N4O2/c1-15-7-3-8-17(16(15)2)24-20(27)11-6-14-26-21-18(9-4-12-23-21)25-13-5-10-19(25)22(26)28/h4-5,9-10,12-13,15-17H,3,6-8,11,14H2,1-2H3,(H,24,27). The molecule has 3 heterocycles. The molecule has 1 aliphatic rings. The van der Waals surface area contributed by atoms with Crippen LogP contribution in [0.15, 0.2) is 41.5 Å². The van der Waals surface area contributed by atoms with Crippen molar-refractivity contribution < 1.29 is 4.79 Å². The molecule has 148 valence electrons. The number of aromatic nitrogens is 3. The summed E-state index contributed by atoms with van der Waals surface area (Å²) >= 11 is 0. The zero-order chi connectivity index (χ0) is 19.7. The molecular formula is C22H28N4O2. The van der Waals surface area contributed by atoms with E-state index >= 15 is 0 Å². The van der Waals surface area contributed by atoms with Crippen molar-refractivity contribution in [3.8, 4) is 0 Å². The summed E-state index contributed by atoms with van der Waals surface area (Å²) in [5.41, 5.74) is 2.13. The van der Waals surface area contributed by atoms with Crippen LogP contribution in [-0.4, -0.2) is 25.9 Å². The van der Waals surface area contributed by atoms with Crippen molar-refractivity contribution in [2.24, 2.45) is 11.8 Å². The molecule has 0 spiro atoms. The van der Waals surface area contributed by atoms with Crippen LogP contribution in [0.1, 0.15) is 46.0 Å². The average Bonchev–Trinajstić information content (AvgIpc) is 3.18. The Kier molecular flexibility index (Phi) is 5.20. The molecule has 3 atom stereocenters. The van der Waals surface area contributed by atoms with Gasteiger partial charge in [0.15, 0.2) is 5.65 Å². The Bertz CT molecular complexity index is 1050. The van der Waals surface area contributed by atoms with Crippen molar-refractivity contribution in [3.05, 3.63) is 47.0 Å². The fourth-order valence-electron chi connectivity index (χ4n) is 4.45. The van der Waals surface area contributed by atoms with Gasteiger partial charge in [-0.3, -0.25) is 14.2 Å². The molecule has 6 nitrogen and oxygen atoms in total. The zero-order valence-electron chi connectivity index (χ0n) is 16.6. The molecule has 4 rings (SSSR count). The third kappa shape index (κ3) is 3.43. The third-order valence-electron chi connectivity index (χ3n) is 6.33. The van der Waals surface area contributed by atoms with Crippen LogP contribution in [-0.2, 0) is 11.3 Å². The first kappa shape index (κ1) is 18.7. The normalized spacial score (nSPS) is 22.6. The van der Waals surface area contributed by atoms with E-state index in [-0.39, 0.29) is 17.5 Å². The molecule has 1 fully saturated rings.